The summed E-state index contributed by atoms with van der Waals surface area (Å²) < 4.78 is 0. The van der Waals surface area contributed by atoms with E-state index in [1.807, 2.05) is 13.8 Å². The Labute approximate surface area is 95.6 Å². The molecule has 90 valence electrons. The normalized spacial score (nSPS) is 27.2. The first kappa shape index (κ1) is 13.0. The predicted octanol–water partition coefficient (Wildman–Crippen LogP) is 2.45. The Morgan fingerprint density at radius 2 is 1.20 bits per heavy atom. The van der Waals surface area contributed by atoms with Gasteiger partial charge in [-0.3, -0.25) is 0 Å². The van der Waals surface area contributed by atoms with E-state index in [4.69, 9.17) is 0 Å². The van der Waals surface area contributed by atoms with Crippen molar-refractivity contribution in [3.05, 3.63) is 0 Å². The van der Waals surface area contributed by atoms with Gasteiger partial charge in [-0.05, 0) is 58.3 Å². The summed E-state index contributed by atoms with van der Waals surface area (Å²) in [5, 5.41) is 0. The number of rotatable bonds is 0. The van der Waals surface area contributed by atoms with Gasteiger partial charge < -0.3 is 9.80 Å². The third kappa shape index (κ3) is 3.46. The van der Waals surface area contributed by atoms with Crippen molar-refractivity contribution < 1.29 is 0 Å². The number of likely N-dealkylation sites (tertiary alicyclic amines) is 2. The number of nitrogens with zero attached hydrogens (tertiary/aromatic N) is 2. The molecule has 0 unspecified atom stereocenters. The maximum absolute atomic E-state index is 2.52. The Kier molecular flexibility index (Phi) is 5.07. The van der Waals surface area contributed by atoms with Crippen LogP contribution in [-0.2, 0) is 0 Å². The highest BCUT2D eigenvalue weighted by Gasteiger charge is 2.36. The first-order valence-corrected chi connectivity index (χ1v) is 6.57. The van der Waals surface area contributed by atoms with Crippen LogP contribution in [0.2, 0.25) is 0 Å². The van der Waals surface area contributed by atoms with Crippen molar-refractivity contribution in [2.45, 2.75) is 39.5 Å². The van der Waals surface area contributed by atoms with Gasteiger partial charge in [-0.2, -0.15) is 0 Å². The van der Waals surface area contributed by atoms with Crippen LogP contribution >= 0.6 is 0 Å². The minimum Gasteiger partial charge on any atom is -0.306 e. The summed E-state index contributed by atoms with van der Waals surface area (Å²) >= 11 is 0. The van der Waals surface area contributed by atoms with E-state index in [0.29, 0.717) is 5.41 Å². The molecule has 0 aromatic rings. The largest absolute Gasteiger partial charge is 0.306 e. The zero-order valence-corrected chi connectivity index (χ0v) is 11.1. The van der Waals surface area contributed by atoms with Gasteiger partial charge in [0, 0.05) is 13.1 Å². The minimum absolute atomic E-state index is 0.653. The maximum Gasteiger partial charge on any atom is 0.00472 e. The lowest BCUT2D eigenvalue weighted by Crippen LogP contribution is -2.50. The summed E-state index contributed by atoms with van der Waals surface area (Å²) in [6.45, 7) is 9.28. The Bertz CT molecular complexity index is 159. The van der Waals surface area contributed by atoms with E-state index >= 15 is 0 Å². The van der Waals surface area contributed by atoms with Crippen LogP contribution in [0.25, 0.3) is 0 Å². The zero-order chi connectivity index (χ0) is 11.3. The molecule has 0 atom stereocenters. The van der Waals surface area contributed by atoms with Crippen molar-refractivity contribution in [3.8, 4) is 0 Å². The molecule has 0 aromatic heterocycles. The summed E-state index contributed by atoms with van der Waals surface area (Å²) in [5.41, 5.74) is 0.653. The average molecular weight is 212 g/mol. The Balaban J connectivity index is 0.000000531. The molecule has 0 amide bonds. The first-order chi connectivity index (χ1) is 7.20. The molecule has 2 saturated heterocycles. The molecule has 2 nitrogen and oxygen atoms in total. The van der Waals surface area contributed by atoms with Gasteiger partial charge in [-0.15, -0.1) is 0 Å². The quantitative estimate of drug-likeness (QED) is 0.608. The zero-order valence-electron chi connectivity index (χ0n) is 11.1. The Morgan fingerprint density at radius 3 is 1.53 bits per heavy atom. The van der Waals surface area contributed by atoms with Crippen molar-refractivity contribution in [2.75, 3.05) is 40.3 Å². The van der Waals surface area contributed by atoms with Gasteiger partial charge in [0.25, 0.3) is 0 Å². The van der Waals surface area contributed by atoms with E-state index < -0.39 is 0 Å². The van der Waals surface area contributed by atoms with E-state index in [1.54, 1.807) is 0 Å². The summed E-state index contributed by atoms with van der Waals surface area (Å²) in [4.78, 5) is 5.03. The second-order valence-corrected chi connectivity index (χ2v) is 5.18. The average Bonchev–Trinajstić information content (AvgIpc) is 2.20. The van der Waals surface area contributed by atoms with Crippen LogP contribution in [0.4, 0.5) is 0 Å². The fourth-order valence-electron chi connectivity index (χ4n) is 3.24. The molecule has 15 heavy (non-hydrogen) atoms. The van der Waals surface area contributed by atoms with Crippen LogP contribution in [0, 0.1) is 5.41 Å². The lowest BCUT2D eigenvalue weighted by molar-refractivity contribution is 0.0337. The third-order valence-electron chi connectivity index (χ3n) is 3.70. The second-order valence-electron chi connectivity index (χ2n) is 5.18. The molecule has 1 spiro atoms. The molecule has 0 bridgehead atoms. The molecule has 2 heterocycles. The molecule has 2 fully saturated rings. The molecule has 2 rings (SSSR count). The summed E-state index contributed by atoms with van der Waals surface area (Å²) in [5.74, 6) is 0. The van der Waals surface area contributed by atoms with Gasteiger partial charge in [0.15, 0.2) is 0 Å². The molecule has 2 aliphatic heterocycles. The molecule has 0 radical (unpaired) electrons. The number of hydrogen-bond donors (Lipinski definition) is 0. The van der Waals surface area contributed by atoms with Crippen LogP contribution in [-0.4, -0.2) is 50.1 Å². The molecule has 0 aromatic carbocycles. The van der Waals surface area contributed by atoms with Crippen LogP contribution in [0.1, 0.15) is 39.5 Å². The van der Waals surface area contributed by atoms with Crippen LogP contribution in [0.3, 0.4) is 0 Å². The van der Waals surface area contributed by atoms with Crippen molar-refractivity contribution in [2.24, 2.45) is 5.41 Å². The molecule has 2 aliphatic rings. The monoisotopic (exact) mass is 212 g/mol. The highest BCUT2D eigenvalue weighted by atomic mass is 15.2. The van der Waals surface area contributed by atoms with Gasteiger partial charge in [-0.25, -0.2) is 0 Å². The fraction of sp³-hybridized carbons (Fsp3) is 1.00. The lowest BCUT2D eigenvalue weighted by atomic mass is 9.74. The lowest BCUT2D eigenvalue weighted by Gasteiger charge is -2.47. The second kappa shape index (κ2) is 5.86. The van der Waals surface area contributed by atoms with E-state index in [9.17, 15) is 0 Å². The molecular formula is C13H28N2. The minimum atomic E-state index is 0.653. The maximum atomic E-state index is 2.52. The van der Waals surface area contributed by atoms with E-state index in [-0.39, 0.29) is 0 Å². The van der Waals surface area contributed by atoms with Gasteiger partial charge in [-0.1, -0.05) is 13.8 Å². The van der Waals surface area contributed by atoms with Gasteiger partial charge in [0.05, 0.1) is 0 Å². The molecule has 2 heteroatoms. The Morgan fingerprint density at radius 1 is 0.800 bits per heavy atom. The van der Waals surface area contributed by atoms with Gasteiger partial charge >= 0.3 is 0 Å². The van der Waals surface area contributed by atoms with E-state index in [0.717, 1.165) is 0 Å². The summed E-state index contributed by atoms with van der Waals surface area (Å²) in [6.07, 6.45) is 5.73. The van der Waals surface area contributed by atoms with Crippen LogP contribution < -0.4 is 0 Å². The third-order valence-corrected chi connectivity index (χ3v) is 3.70. The highest BCUT2D eigenvalue weighted by Crippen LogP contribution is 2.37. The van der Waals surface area contributed by atoms with Gasteiger partial charge in [0.2, 0.25) is 0 Å². The highest BCUT2D eigenvalue weighted by molar-refractivity contribution is 4.91. The van der Waals surface area contributed by atoms with Crippen LogP contribution in [0.15, 0.2) is 0 Å². The van der Waals surface area contributed by atoms with E-state index in [2.05, 4.69) is 23.9 Å². The molecule has 0 saturated carbocycles. The summed E-state index contributed by atoms with van der Waals surface area (Å²) in [7, 11) is 4.55. The molecule has 0 N–H and O–H groups in total. The van der Waals surface area contributed by atoms with Crippen molar-refractivity contribution in [1.29, 1.82) is 0 Å². The SMILES string of the molecule is CC.CN1CCCC2(CCCN(C)C2)C1. The molecule has 0 aliphatic carbocycles. The van der Waals surface area contributed by atoms with Crippen molar-refractivity contribution in [1.82, 2.24) is 9.80 Å². The molecular weight excluding hydrogens is 184 g/mol. The van der Waals surface area contributed by atoms with Gasteiger partial charge in [0.1, 0.15) is 0 Å². The van der Waals surface area contributed by atoms with Crippen molar-refractivity contribution >= 4 is 0 Å². The van der Waals surface area contributed by atoms with Crippen LogP contribution in [0.5, 0.6) is 0 Å². The number of piperidine rings is 2. The van der Waals surface area contributed by atoms with Crippen molar-refractivity contribution in [3.63, 3.8) is 0 Å². The smallest absolute Gasteiger partial charge is 0.00472 e. The fourth-order valence-corrected chi connectivity index (χ4v) is 3.24. The standard InChI is InChI=1S/C11H22N2.C2H6/c1-12-7-3-5-11(9-12)6-4-8-13(2)10-11;1-2/h3-10H2,1-2H3;1-2H3. The first-order valence-electron chi connectivity index (χ1n) is 6.57. The number of hydrogen-bond acceptors (Lipinski definition) is 2. The predicted molar refractivity (Wildman–Crippen MR) is 67.2 cm³/mol. The Hall–Kier alpha value is -0.0800. The summed E-state index contributed by atoms with van der Waals surface area (Å²) in [6, 6.07) is 0. The van der Waals surface area contributed by atoms with E-state index in [1.165, 1.54) is 51.9 Å². The topological polar surface area (TPSA) is 6.48 Å².